The molecule has 1 nitrogen and oxygen atoms in total. The predicted octanol–water partition coefficient (Wildman–Crippen LogP) is 12.8. The summed E-state index contributed by atoms with van der Waals surface area (Å²) in [5, 5.41) is 3.19. The highest BCUT2D eigenvalue weighted by atomic mass is 35.5. The summed E-state index contributed by atoms with van der Waals surface area (Å²) in [6.07, 6.45) is 41.3. The van der Waals surface area contributed by atoms with Gasteiger partial charge in [0.2, 0.25) is 0 Å². The number of hydrogen-bond donors (Lipinski definition) is 1. The van der Waals surface area contributed by atoms with E-state index in [4.69, 9.17) is 11.6 Å². The molecular formula is C34H72ClN. The molecule has 0 heterocycles. The van der Waals surface area contributed by atoms with E-state index >= 15 is 0 Å². The van der Waals surface area contributed by atoms with Crippen molar-refractivity contribution in [2.45, 2.75) is 205 Å². The Bertz CT molecular complexity index is 346. The quantitative estimate of drug-likeness (QED) is 0.0749. The van der Waals surface area contributed by atoms with Gasteiger partial charge in [-0.2, -0.15) is 0 Å². The van der Waals surface area contributed by atoms with Gasteiger partial charge in [-0.15, -0.1) is 11.6 Å². The van der Waals surface area contributed by atoms with Gasteiger partial charge >= 0.3 is 0 Å². The highest BCUT2D eigenvalue weighted by Gasteiger charge is 2.04. The fourth-order valence-electron chi connectivity index (χ4n) is 5.09. The maximum Gasteiger partial charge on any atom is 0.0336 e. The molecule has 1 N–H and O–H groups in total. The van der Waals surface area contributed by atoms with Crippen LogP contribution in [0.15, 0.2) is 0 Å². The molecule has 220 valence electrons. The lowest BCUT2D eigenvalue weighted by Gasteiger charge is -2.09. The molecule has 0 fully saturated rings. The van der Waals surface area contributed by atoms with Gasteiger partial charge in [0, 0.05) is 5.38 Å². The Hall–Kier alpha value is 0.250. The van der Waals surface area contributed by atoms with Crippen LogP contribution in [0, 0.1) is 0 Å². The van der Waals surface area contributed by atoms with Crippen LogP contribution in [0.25, 0.3) is 0 Å². The molecule has 2 heteroatoms. The van der Waals surface area contributed by atoms with Crippen molar-refractivity contribution in [3.63, 3.8) is 0 Å². The van der Waals surface area contributed by atoms with Gasteiger partial charge in [0.1, 0.15) is 0 Å². The molecule has 0 spiro atoms. The molecule has 0 rings (SSSR count). The molecule has 0 aliphatic carbocycles. The fourth-order valence-corrected chi connectivity index (χ4v) is 5.40. The van der Waals surface area contributed by atoms with Crippen LogP contribution in [0.4, 0.5) is 0 Å². The molecule has 0 aliphatic heterocycles. The summed E-state index contributed by atoms with van der Waals surface area (Å²) in [6, 6.07) is 0. The van der Waals surface area contributed by atoms with Crippen molar-refractivity contribution in [3.05, 3.63) is 0 Å². The summed E-state index contributed by atoms with van der Waals surface area (Å²) in [5.74, 6) is 0. The third-order valence-electron chi connectivity index (χ3n) is 7.49. The van der Waals surface area contributed by atoms with Crippen molar-refractivity contribution in [2.75, 3.05) is 14.1 Å². The van der Waals surface area contributed by atoms with Crippen LogP contribution >= 0.6 is 11.6 Å². The molecular weight excluding hydrogens is 458 g/mol. The normalized spacial score (nSPS) is 11.9. The van der Waals surface area contributed by atoms with E-state index in [1.807, 2.05) is 14.1 Å². The summed E-state index contributed by atoms with van der Waals surface area (Å²) in [4.78, 5) is 0. The van der Waals surface area contributed by atoms with Crippen molar-refractivity contribution in [1.29, 1.82) is 0 Å². The minimum Gasteiger partial charge on any atom is -0.323 e. The SMILES string of the molecule is CCCCCCCCCCCCCCCCCC(Cl)CCCCCCCCCCCCCC.CNC. The molecule has 1 atom stereocenters. The Morgan fingerprint density at radius 2 is 0.528 bits per heavy atom. The summed E-state index contributed by atoms with van der Waals surface area (Å²) in [6.45, 7) is 4.60. The Labute approximate surface area is 236 Å². The van der Waals surface area contributed by atoms with E-state index in [0.29, 0.717) is 5.38 Å². The van der Waals surface area contributed by atoms with E-state index in [1.54, 1.807) is 0 Å². The number of nitrogens with one attached hydrogen (secondary N) is 1. The van der Waals surface area contributed by atoms with Crippen molar-refractivity contribution in [3.8, 4) is 0 Å². The highest BCUT2D eigenvalue weighted by molar-refractivity contribution is 6.20. The maximum atomic E-state index is 6.57. The van der Waals surface area contributed by atoms with E-state index in [1.165, 1.54) is 186 Å². The molecule has 0 saturated heterocycles. The van der Waals surface area contributed by atoms with Crippen molar-refractivity contribution in [2.24, 2.45) is 0 Å². The summed E-state index contributed by atoms with van der Waals surface area (Å²) < 4.78 is 0. The third kappa shape index (κ3) is 38.8. The lowest BCUT2D eigenvalue weighted by molar-refractivity contribution is 0.515. The summed E-state index contributed by atoms with van der Waals surface area (Å²) in [7, 11) is 3.75. The zero-order valence-corrected chi connectivity index (χ0v) is 26.7. The molecule has 36 heavy (non-hydrogen) atoms. The van der Waals surface area contributed by atoms with Crippen LogP contribution in [-0.4, -0.2) is 19.5 Å². The van der Waals surface area contributed by atoms with E-state index in [-0.39, 0.29) is 0 Å². The zero-order chi connectivity index (χ0) is 26.8. The fraction of sp³-hybridized carbons (Fsp3) is 1.00. The molecule has 0 radical (unpaired) electrons. The average Bonchev–Trinajstić information content (AvgIpc) is 2.87. The smallest absolute Gasteiger partial charge is 0.0336 e. The van der Waals surface area contributed by atoms with Crippen LogP contribution < -0.4 is 5.32 Å². The predicted molar refractivity (Wildman–Crippen MR) is 170 cm³/mol. The summed E-state index contributed by atoms with van der Waals surface area (Å²) in [5.41, 5.74) is 0. The monoisotopic (exact) mass is 530 g/mol. The molecule has 0 aromatic rings. The zero-order valence-electron chi connectivity index (χ0n) is 26.0. The number of rotatable bonds is 29. The van der Waals surface area contributed by atoms with Gasteiger partial charge in [-0.25, -0.2) is 0 Å². The molecule has 0 amide bonds. The van der Waals surface area contributed by atoms with E-state index in [2.05, 4.69) is 19.2 Å². The van der Waals surface area contributed by atoms with Gasteiger partial charge in [0.25, 0.3) is 0 Å². The topological polar surface area (TPSA) is 12.0 Å². The van der Waals surface area contributed by atoms with Gasteiger partial charge in [-0.3, -0.25) is 0 Å². The van der Waals surface area contributed by atoms with E-state index in [9.17, 15) is 0 Å². The Morgan fingerprint density at radius 3 is 0.722 bits per heavy atom. The average molecular weight is 530 g/mol. The van der Waals surface area contributed by atoms with E-state index < -0.39 is 0 Å². The first kappa shape index (κ1) is 38.4. The first-order valence-electron chi connectivity index (χ1n) is 16.9. The van der Waals surface area contributed by atoms with Gasteiger partial charge in [-0.1, -0.05) is 187 Å². The van der Waals surface area contributed by atoms with Gasteiger partial charge in [-0.05, 0) is 26.9 Å². The van der Waals surface area contributed by atoms with Crippen LogP contribution in [0.2, 0.25) is 0 Å². The minimum atomic E-state index is 0.440. The molecule has 0 aliphatic rings. The van der Waals surface area contributed by atoms with Crippen molar-refractivity contribution >= 4 is 11.6 Å². The Kier molecular flexibility index (Phi) is 39.9. The van der Waals surface area contributed by atoms with E-state index in [0.717, 1.165) is 0 Å². The molecule has 0 saturated carbocycles. The summed E-state index contributed by atoms with van der Waals surface area (Å²) >= 11 is 6.57. The number of hydrogen-bond acceptors (Lipinski definition) is 1. The second-order valence-electron chi connectivity index (χ2n) is 11.5. The molecule has 1 unspecified atom stereocenters. The van der Waals surface area contributed by atoms with Crippen molar-refractivity contribution in [1.82, 2.24) is 5.32 Å². The van der Waals surface area contributed by atoms with Crippen LogP contribution in [0.3, 0.4) is 0 Å². The first-order valence-corrected chi connectivity index (χ1v) is 17.4. The maximum absolute atomic E-state index is 6.57. The second-order valence-corrected chi connectivity index (χ2v) is 12.1. The Morgan fingerprint density at radius 1 is 0.361 bits per heavy atom. The molecule has 0 bridgehead atoms. The first-order chi connectivity index (χ1) is 17.7. The number of alkyl halides is 1. The largest absolute Gasteiger partial charge is 0.323 e. The third-order valence-corrected chi connectivity index (χ3v) is 7.93. The van der Waals surface area contributed by atoms with Gasteiger partial charge in [0.05, 0.1) is 0 Å². The van der Waals surface area contributed by atoms with Gasteiger partial charge < -0.3 is 5.32 Å². The Balaban J connectivity index is 0. The van der Waals surface area contributed by atoms with Crippen LogP contribution in [0.5, 0.6) is 0 Å². The standard InChI is InChI=1S/C32H65Cl.C2H7N/c1-3-5-7-9-11-13-15-17-18-19-21-23-25-27-29-31-32(33)30-28-26-24-22-20-16-14-12-10-8-6-4-2;1-3-2/h32H,3-31H2,1-2H3;3H,1-2H3. The lowest BCUT2D eigenvalue weighted by Crippen LogP contribution is -1.98. The lowest BCUT2D eigenvalue weighted by atomic mass is 10.0. The van der Waals surface area contributed by atoms with Crippen LogP contribution in [-0.2, 0) is 0 Å². The second kappa shape index (κ2) is 37.4. The highest BCUT2D eigenvalue weighted by Crippen LogP contribution is 2.19. The van der Waals surface area contributed by atoms with Gasteiger partial charge in [0.15, 0.2) is 0 Å². The molecule has 0 aromatic heterocycles. The number of halogens is 1. The van der Waals surface area contributed by atoms with Crippen molar-refractivity contribution < 1.29 is 0 Å². The number of unbranched alkanes of at least 4 members (excludes halogenated alkanes) is 25. The minimum absolute atomic E-state index is 0.440. The van der Waals surface area contributed by atoms with Crippen LogP contribution in [0.1, 0.15) is 200 Å². The molecule has 0 aromatic carbocycles.